The van der Waals surface area contributed by atoms with E-state index in [-0.39, 0.29) is 0 Å². The maximum absolute atomic E-state index is 9.76. The molecule has 0 aliphatic carbocycles. The van der Waals surface area contributed by atoms with Crippen molar-refractivity contribution < 1.29 is 4.79 Å². The normalized spacial score (nSPS) is 8.14. The molecule has 7 heavy (non-hydrogen) atoms. The molecule has 40 valence electrons. The molecule has 0 unspecified atom stereocenters. The minimum Gasteiger partial charge on any atom is -0.297 e. The van der Waals surface area contributed by atoms with Crippen LogP contribution < -0.4 is 0 Å². The van der Waals surface area contributed by atoms with Crippen LogP contribution in [0.3, 0.4) is 0 Å². The zero-order valence-electron chi connectivity index (χ0n) is 4.01. The third-order valence-corrected chi connectivity index (χ3v) is 1.94. The molecule has 0 rings (SSSR count). The molecule has 0 bridgehead atoms. The highest BCUT2D eigenvalue weighted by atomic mass is 33.1. The zero-order chi connectivity index (χ0) is 5.70. The Bertz CT molecular complexity index is 79.8. The Hall–Kier alpha value is 0.110. The van der Waals surface area contributed by atoms with Crippen LogP contribution >= 0.6 is 21.6 Å². The molecule has 0 saturated heterocycles. The van der Waals surface area contributed by atoms with Gasteiger partial charge in [-0.3, -0.25) is 4.79 Å². The molecule has 0 aliphatic heterocycles. The predicted octanol–water partition coefficient (Wildman–Crippen LogP) is 1.71. The standard InChI is InChI=1S/C4H6OS2/c1-4(3-5)7-6-2/h3H,1H2,2H3. The first-order valence-corrected chi connectivity index (χ1v) is 4.22. The quantitative estimate of drug-likeness (QED) is 0.332. The van der Waals surface area contributed by atoms with E-state index in [1.165, 1.54) is 21.6 Å². The summed E-state index contributed by atoms with van der Waals surface area (Å²) < 4.78 is 0. The van der Waals surface area contributed by atoms with E-state index in [0.717, 1.165) is 6.29 Å². The molecule has 0 heterocycles. The van der Waals surface area contributed by atoms with Gasteiger partial charge in [0.05, 0.1) is 4.91 Å². The van der Waals surface area contributed by atoms with Gasteiger partial charge in [-0.05, 0) is 6.26 Å². The molecular weight excluding hydrogens is 128 g/mol. The maximum atomic E-state index is 9.76. The van der Waals surface area contributed by atoms with Crippen molar-refractivity contribution in [2.75, 3.05) is 6.26 Å². The SMILES string of the molecule is C=C(C=O)SSC. The summed E-state index contributed by atoms with van der Waals surface area (Å²) >= 11 is 0. The van der Waals surface area contributed by atoms with Gasteiger partial charge in [-0.25, -0.2) is 0 Å². The molecule has 0 spiro atoms. The Morgan fingerprint density at radius 1 is 1.86 bits per heavy atom. The van der Waals surface area contributed by atoms with Crippen molar-refractivity contribution in [3.63, 3.8) is 0 Å². The van der Waals surface area contributed by atoms with E-state index >= 15 is 0 Å². The fourth-order valence-corrected chi connectivity index (χ4v) is 1.14. The van der Waals surface area contributed by atoms with Crippen LogP contribution in [0, 0.1) is 0 Å². The minimum atomic E-state index is 0.576. The Morgan fingerprint density at radius 3 is 2.57 bits per heavy atom. The molecule has 0 fully saturated rings. The average molecular weight is 134 g/mol. The molecule has 0 aromatic rings. The predicted molar refractivity (Wildman–Crippen MR) is 36.3 cm³/mol. The van der Waals surface area contributed by atoms with E-state index in [9.17, 15) is 4.79 Å². The Balaban J connectivity index is 3.17. The van der Waals surface area contributed by atoms with E-state index in [0.29, 0.717) is 4.91 Å². The van der Waals surface area contributed by atoms with Crippen LogP contribution in [0.4, 0.5) is 0 Å². The van der Waals surface area contributed by atoms with Gasteiger partial charge in [-0.1, -0.05) is 28.2 Å². The molecule has 0 N–H and O–H groups in total. The Morgan fingerprint density at radius 2 is 2.43 bits per heavy atom. The molecule has 1 nitrogen and oxygen atoms in total. The molecule has 0 aromatic carbocycles. The third kappa shape index (κ3) is 3.95. The number of rotatable bonds is 3. The lowest BCUT2D eigenvalue weighted by Gasteiger charge is -1.85. The van der Waals surface area contributed by atoms with E-state index in [2.05, 4.69) is 6.58 Å². The number of hydrogen-bond acceptors (Lipinski definition) is 3. The molecule has 0 atom stereocenters. The van der Waals surface area contributed by atoms with Crippen molar-refractivity contribution in [1.29, 1.82) is 0 Å². The minimum absolute atomic E-state index is 0.576. The lowest BCUT2D eigenvalue weighted by molar-refractivity contribution is -0.104. The second kappa shape index (κ2) is 4.27. The first-order valence-electron chi connectivity index (χ1n) is 1.66. The lowest BCUT2D eigenvalue weighted by Crippen LogP contribution is -1.66. The van der Waals surface area contributed by atoms with Crippen LogP contribution in [0.5, 0.6) is 0 Å². The fraction of sp³-hybridized carbons (Fsp3) is 0.250. The first-order chi connectivity index (χ1) is 3.31. The molecule has 0 radical (unpaired) electrons. The van der Waals surface area contributed by atoms with E-state index in [4.69, 9.17) is 0 Å². The number of carbonyl (C=O) groups excluding carboxylic acids is 1. The highest BCUT2D eigenvalue weighted by molar-refractivity contribution is 8.78. The third-order valence-electron chi connectivity index (χ3n) is 0.322. The van der Waals surface area contributed by atoms with Gasteiger partial charge in [-0.2, -0.15) is 0 Å². The number of carbonyl (C=O) groups is 1. The largest absolute Gasteiger partial charge is 0.297 e. The maximum Gasteiger partial charge on any atom is 0.156 e. The number of aldehydes is 1. The summed E-state index contributed by atoms with van der Waals surface area (Å²) in [4.78, 5) is 10.3. The van der Waals surface area contributed by atoms with Crippen molar-refractivity contribution in [1.82, 2.24) is 0 Å². The van der Waals surface area contributed by atoms with Crippen molar-refractivity contribution >= 4 is 27.9 Å². The first kappa shape index (κ1) is 7.11. The molecule has 0 aliphatic rings. The topological polar surface area (TPSA) is 17.1 Å². The van der Waals surface area contributed by atoms with Gasteiger partial charge >= 0.3 is 0 Å². The highest BCUT2D eigenvalue weighted by Gasteiger charge is 1.85. The monoisotopic (exact) mass is 134 g/mol. The zero-order valence-corrected chi connectivity index (χ0v) is 5.64. The molecular formula is C4H6OS2. The van der Waals surface area contributed by atoms with Gasteiger partial charge in [0.1, 0.15) is 0 Å². The van der Waals surface area contributed by atoms with Crippen LogP contribution in [0.15, 0.2) is 11.5 Å². The second-order valence-corrected chi connectivity index (χ2v) is 3.36. The van der Waals surface area contributed by atoms with Crippen LogP contribution in [0.25, 0.3) is 0 Å². The van der Waals surface area contributed by atoms with Crippen LogP contribution in [-0.2, 0) is 4.79 Å². The smallest absolute Gasteiger partial charge is 0.156 e. The van der Waals surface area contributed by atoms with Gasteiger partial charge in [-0.15, -0.1) is 0 Å². The molecule has 0 amide bonds. The van der Waals surface area contributed by atoms with Gasteiger partial charge in [0.2, 0.25) is 0 Å². The van der Waals surface area contributed by atoms with Crippen LogP contribution in [-0.4, -0.2) is 12.5 Å². The summed E-state index contributed by atoms with van der Waals surface area (Å²) in [6.45, 7) is 3.44. The van der Waals surface area contributed by atoms with E-state index in [1.54, 1.807) is 0 Å². The Labute approximate surface area is 51.0 Å². The van der Waals surface area contributed by atoms with Crippen LogP contribution in [0.1, 0.15) is 0 Å². The lowest BCUT2D eigenvalue weighted by atomic mass is 10.7. The number of hydrogen-bond donors (Lipinski definition) is 0. The summed E-state index contributed by atoms with van der Waals surface area (Å²) in [5.74, 6) is 0. The van der Waals surface area contributed by atoms with Gasteiger partial charge in [0.25, 0.3) is 0 Å². The van der Waals surface area contributed by atoms with Crippen molar-refractivity contribution in [2.24, 2.45) is 0 Å². The average Bonchev–Trinajstić information content (AvgIpc) is 1.68. The fourth-order valence-electron chi connectivity index (χ4n) is 0.127. The summed E-state index contributed by atoms with van der Waals surface area (Å²) in [5.41, 5.74) is 0. The van der Waals surface area contributed by atoms with Crippen molar-refractivity contribution in [3.05, 3.63) is 11.5 Å². The van der Waals surface area contributed by atoms with Gasteiger partial charge < -0.3 is 0 Å². The molecule has 3 heteroatoms. The summed E-state index contributed by atoms with van der Waals surface area (Å²) in [6.07, 6.45) is 2.65. The van der Waals surface area contributed by atoms with Crippen molar-refractivity contribution in [3.8, 4) is 0 Å². The van der Waals surface area contributed by atoms with Crippen LogP contribution in [0.2, 0.25) is 0 Å². The summed E-state index contributed by atoms with van der Waals surface area (Å²) in [5, 5.41) is 0. The van der Waals surface area contributed by atoms with E-state index < -0.39 is 0 Å². The Kier molecular flexibility index (Phi) is 4.34. The van der Waals surface area contributed by atoms with Crippen molar-refractivity contribution in [2.45, 2.75) is 0 Å². The van der Waals surface area contributed by atoms with Gasteiger partial charge in [0, 0.05) is 0 Å². The molecule has 0 aromatic heterocycles. The number of allylic oxidation sites excluding steroid dienone is 1. The highest BCUT2D eigenvalue weighted by Crippen LogP contribution is 2.23. The van der Waals surface area contributed by atoms with E-state index in [1.807, 2.05) is 6.26 Å². The molecule has 0 saturated carbocycles. The summed E-state index contributed by atoms with van der Waals surface area (Å²) in [7, 11) is 2.91. The van der Waals surface area contributed by atoms with Gasteiger partial charge in [0.15, 0.2) is 6.29 Å². The summed E-state index contributed by atoms with van der Waals surface area (Å²) in [6, 6.07) is 0. The second-order valence-electron chi connectivity index (χ2n) is 0.834.